The molecule has 2 rings (SSSR count). The number of halogens is 1. The van der Waals surface area contributed by atoms with Crippen LogP contribution in [0.3, 0.4) is 0 Å². The lowest BCUT2D eigenvalue weighted by Crippen LogP contribution is -2.24. The molecule has 11 heteroatoms. The highest BCUT2D eigenvalue weighted by molar-refractivity contribution is 7.89. The van der Waals surface area contributed by atoms with Gasteiger partial charge in [0.05, 0.1) is 11.6 Å². The van der Waals surface area contributed by atoms with E-state index in [0.717, 1.165) is 0 Å². The molecule has 20 heavy (non-hydrogen) atoms. The molecule has 1 heterocycles. The van der Waals surface area contributed by atoms with E-state index in [1.54, 1.807) is 6.07 Å². The van der Waals surface area contributed by atoms with Gasteiger partial charge in [-0.25, -0.2) is 13.1 Å². The van der Waals surface area contributed by atoms with Crippen LogP contribution in [0.2, 0.25) is 5.02 Å². The minimum atomic E-state index is -3.84. The van der Waals surface area contributed by atoms with Crippen molar-refractivity contribution in [1.29, 1.82) is 0 Å². The summed E-state index contributed by atoms with van der Waals surface area (Å²) in [5, 5.41) is 12.9. The molecule has 1 aromatic carbocycles. The molecule has 0 unspecified atom stereocenters. The third-order valence-electron chi connectivity index (χ3n) is 2.31. The highest BCUT2D eigenvalue weighted by Gasteiger charge is 2.19. The summed E-state index contributed by atoms with van der Waals surface area (Å²) < 4.78 is 26.6. The molecular formula is C9H9ClN6O2S2. The van der Waals surface area contributed by atoms with E-state index in [-0.39, 0.29) is 27.3 Å². The molecule has 0 aliphatic heterocycles. The van der Waals surface area contributed by atoms with E-state index < -0.39 is 10.0 Å². The quantitative estimate of drug-likeness (QED) is 0.656. The summed E-state index contributed by atoms with van der Waals surface area (Å²) in [6.07, 6.45) is 0. The second-order valence-corrected chi connectivity index (χ2v) is 6.24. The third kappa shape index (κ3) is 3.28. The SMILES string of the molecule is NC(=S)c1ccc(Cl)c(S(=O)(=O)NCc2nn[nH]n2)c1. The van der Waals surface area contributed by atoms with Crippen LogP contribution in [0.15, 0.2) is 23.1 Å². The smallest absolute Gasteiger partial charge is 0.242 e. The van der Waals surface area contributed by atoms with Crippen molar-refractivity contribution in [3.05, 3.63) is 34.6 Å². The molecule has 8 nitrogen and oxygen atoms in total. The molecule has 0 bridgehead atoms. The van der Waals surface area contributed by atoms with Gasteiger partial charge in [-0.05, 0) is 12.1 Å². The topological polar surface area (TPSA) is 127 Å². The maximum Gasteiger partial charge on any atom is 0.242 e. The number of sulfonamides is 1. The van der Waals surface area contributed by atoms with Crippen molar-refractivity contribution < 1.29 is 8.42 Å². The molecular weight excluding hydrogens is 324 g/mol. The summed E-state index contributed by atoms with van der Waals surface area (Å²) in [7, 11) is -3.84. The van der Waals surface area contributed by atoms with Crippen molar-refractivity contribution in [2.45, 2.75) is 11.4 Å². The van der Waals surface area contributed by atoms with E-state index in [0.29, 0.717) is 5.56 Å². The van der Waals surface area contributed by atoms with E-state index in [4.69, 9.17) is 29.6 Å². The molecule has 0 aliphatic rings. The Hall–Kier alpha value is -1.62. The number of hydrogen-bond acceptors (Lipinski definition) is 6. The molecule has 0 aliphatic carbocycles. The van der Waals surface area contributed by atoms with Gasteiger partial charge in [0.2, 0.25) is 10.0 Å². The Morgan fingerprint density at radius 3 is 2.85 bits per heavy atom. The summed E-state index contributed by atoms with van der Waals surface area (Å²) in [6, 6.07) is 4.27. The van der Waals surface area contributed by atoms with Crippen LogP contribution >= 0.6 is 23.8 Å². The first kappa shape index (κ1) is 14.8. The van der Waals surface area contributed by atoms with Gasteiger partial charge in [-0.2, -0.15) is 5.21 Å². The van der Waals surface area contributed by atoms with Gasteiger partial charge in [0.25, 0.3) is 0 Å². The molecule has 0 spiro atoms. The highest BCUT2D eigenvalue weighted by atomic mass is 35.5. The van der Waals surface area contributed by atoms with Crippen LogP contribution in [0, 0.1) is 0 Å². The van der Waals surface area contributed by atoms with Crippen LogP contribution in [0.5, 0.6) is 0 Å². The van der Waals surface area contributed by atoms with Crippen LogP contribution in [-0.2, 0) is 16.6 Å². The van der Waals surface area contributed by atoms with E-state index in [9.17, 15) is 8.42 Å². The number of aromatic amines is 1. The van der Waals surface area contributed by atoms with Crippen LogP contribution in [-0.4, -0.2) is 34.0 Å². The second kappa shape index (κ2) is 5.79. The number of thiocarbonyl (C=S) groups is 1. The van der Waals surface area contributed by atoms with Crippen LogP contribution in [0.1, 0.15) is 11.4 Å². The molecule has 2 aromatic rings. The molecule has 4 N–H and O–H groups in total. The molecule has 1 aromatic heterocycles. The van der Waals surface area contributed by atoms with Gasteiger partial charge in [-0.15, -0.1) is 10.2 Å². The molecule has 0 atom stereocenters. The van der Waals surface area contributed by atoms with Crippen LogP contribution in [0.25, 0.3) is 0 Å². The molecule has 0 amide bonds. The van der Waals surface area contributed by atoms with Gasteiger partial charge in [0.1, 0.15) is 9.88 Å². The van der Waals surface area contributed by atoms with E-state index in [1.807, 2.05) is 0 Å². The number of tetrazole rings is 1. The highest BCUT2D eigenvalue weighted by Crippen LogP contribution is 2.22. The average molecular weight is 333 g/mol. The number of H-pyrrole nitrogens is 1. The standard InChI is InChI=1S/C9H9ClN6O2S2/c10-6-2-1-5(9(11)19)3-7(6)20(17,18)12-4-8-13-15-16-14-8/h1-3,12H,4H2,(H2,11,19)(H,13,14,15,16). The van der Waals surface area contributed by atoms with E-state index in [1.165, 1.54) is 12.1 Å². The maximum absolute atomic E-state index is 12.2. The fourth-order valence-electron chi connectivity index (χ4n) is 1.36. The minimum Gasteiger partial charge on any atom is -0.389 e. The van der Waals surface area contributed by atoms with E-state index >= 15 is 0 Å². The Kier molecular flexibility index (Phi) is 4.28. The van der Waals surface area contributed by atoms with Crippen molar-refractivity contribution in [1.82, 2.24) is 25.3 Å². The van der Waals surface area contributed by atoms with Crippen molar-refractivity contribution in [3.8, 4) is 0 Å². The minimum absolute atomic E-state index is 0.0608. The predicted molar refractivity (Wildman–Crippen MR) is 75.5 cm³/mol. The van der Waals surface area contributed by atoms with Gasteiger partial charge in [-0.1, -0.05) is 35.1 Å². The van der Waals surface area contributed by atoms with E-state index in [2.05, 4.69) is 25.3 Å². The molecule has 0 fully saturated rings. The Labute approximate surface area is 124 Å². The fraction of sp³-hybridized carbons (Fsp3) is 0.111. The Bertz CT molecular complexity index is 731. The fourth-order valence-corrected chi connectivity index (χ4v) is 2.99. The Balaban J connectivity index is 2.28. The Morgan fingerprint density at radius 1 is 1.50 bits per heavy atom. The molecule has 0 saturated heterocycles. The van der Waals surface area contributed by atoms with Crippen molar-refractivity contribution in [3.63, 3.8) is 0 Å². The van der Waals surface area contributed by atoms with Crippen molar-refractivity contribution >= 4 is 38.8 Å². The number of nitrogens with two attached hydrogens (primary N) is 1. The summed E-state index contributed by atoms with van der Waals surface area (Å²) in [5.74, 6) is 0.204. The summed E-state index contributed by atoms with van der Waals surface area (Å²) in [6.45, 7) is -0.119. The molecule has 0 saturated carbocycles. The number of aromatic nitrogens is 4. The lowest BCUT2D eigenvalue weighted by molar-refractivity contribution is 0.579. The van der Waals surface area contributed by atoms with Gasteiger partial charge in [0.15, 0.2) is 5.82 Å². The largest absolute Gasteiger partial charge is 0.389 e. The lowest BCUT2D eigenvalue weighted by Gasteiger charge is -2.08. The van der Waals surface area contributed by atoms with Crippen LogP contribution < -0.4 is 10.5 Å². The first-order chi connectivity index (χ1) is 9.40. The first-order valence-corrected chi connectivity index (χ1v) is 7.48. The number of rotatable bonds is 5. The number of benzene rings is 1. The summed E-state index contributed by atoms with van der Waals surface area (Å²) >= 11 is 10.7. The zero-order valence-corrected chi connectivity index (χ0v) is 12.3. The van der Waals surface area contributed by atoms with Crippen molar-refractivity contribution in [2.24, 2.45) is 5.73 Å². The zero-order chi connectivity index (χ0) is 14.8. The maximum atomic E-state index is 12.2. The number of nitrogens with zero attached hydrogens (tertiary/aromatic N) is 3. The Morgan fingerprint density at radius 2 is 2.25 bits per heavy atom. The van der Waals surface area contributed by atoms with Gasteiger partial charge >= 0.3 is 0 Å². The lowest BCUT2D eigenvalue weighted by atomic mass is 10.2. The summed E-state index contributed by atoms with van der Waals surface area (Å²) in [4.78, 5) is -0.0377. The van der Waals surface area contributed by atoms with Gasteiger partial charge in [-0.3, -0.25) is 0 Å². The first-order valence-electron chi connectivity index (χ1n) is 5.21. The molecule has 106 valence electrons. The predicted octanol–water partition coefficient (Wildman–Crippen LogP) is -0.0342. The third-order valence-corrected chi connectivity index (χ3v) is 4.43. The number of nitrogens with one attached hydrogen (secondary N) is 2. The number of hydrogen-bond donors (Lipinski definition) is 3. The average Bonchev–Trinajstić information content (AvgIpc) is 2.89. The van der Waals surface area contributed by atoms with Gasteiger partial charge in [0, 0.05) is 5.56 Å². The second-order valence-electron chi connectivity index (χ2n) is 3.66. The van der Waals surface area contributed by atoms with Gasteiger partial charge < -0.3 is 5.73 Å². The van der Waals surface area contributed by atoms with Crippen LogP contribution in [0.4, 0.5) is 0 Å². The monoisotopic (exact) mass is 332 g/mol. The zero-order valence-electron chi connectivity index (χ0n) is 9.87. The molecule has 0 radical (unpaired) electrons. The summed E-state index contributed by atoms with van der Waals surface area (Å²) in [5.41, 5.74) is 5.87. The normalized spacial score (nSPS) is 11.4. The van der Waals surface area contributed by atoms with Crippen molar-refractivity contribution in [2.75, 3.05) is 0 Å².